The molecule has 0 spiro atoms. The zero-order valence-corrected chi connectivity index (χ0v) is 15.7. The Hall–Kier alpha value is -3.03. The Labute approximate surface area is 157 Å². The van der Waals surface area contributed by atoms with Gasteiger partial charge in [0.15, 0.2) is 23.1 Å². The van der Waals surface area contributed by atoms with Gasteiger partial charge in [-0.1, -0.05) is 26.3 Å². The fourth-order valence-electron chi connectivity index (χ4n) is 3.33. The van der Waals surface area contributed by atoms with Gasteiger partial charge in [0.25, 0.3) is 0 Å². The largest absolute Gasteiger partial charge is 0.454 e. The first kappa shape index (κ1) is 17.4. The number of rotatable bonds is 5. The second-order valence-electron chi connectivity index (χ2n) is 6.96. The van der Waals surface area contributed by atoms with Gasteiger partial charge in [-0.2, -0.15) is 0 Å². The second-order valence-corrected chi connectivity index (χ2v) is 6.96. The van der Waals surface area contributed by atoms with Gasteiger partial charge in [-0.15, -0.1) is 0 Å². The van der Waals surface area contributed by atoms with E-state index in [9.17, 15) is 4.79 Å². The van der Waals surface area contributed by atoms with Crippen molar-refractivity contribution in [2.75, 3.05) is 29.4 Å². The van der Waals surface area contributed by atoms with Crippen LogP contribution in [-0.2, 0) is 11.3 Å². The molecular weight excluding hydrogens is 346 g/mol. The molecule has 1 amide bonds. The molecule has 27 heavy (non-hydrogen) atoms. The van der Waals surface area contributed by atoms with Crippen LogP contribution in [0.4, 0.5) is 17.3 Å². The fourth-order valence-corrected chi connectivity index (χ4v) is 3.33. The van der Waals surface area contributed by atoms with Crippen molar-refractivity contribution >= 4 is 23.2 Å². The Balaban J connectivity index is 1.57. The molecule has 8 nitrogen and oxygen atoms in total. The second kappa shape index (κ2) is 6.94. The summed E-state index contributed by atoms with van der Waals surface area (Å²) in [5.74, 6) is 2.99. The summed E-state index contributed by atoms with van der Waals surface area (Å²) in [4.78, 5) is 23.2. The maximum absolute atomic E-state index is 12.5. The first-order valence-corrected chi connectivity index (χ1v) is 9.09. The lowest BCUT2D eigenvalue weighted by Gasteiger charge is -2.31. The summed E-state index contributed by atoms with van der Waals surface area (Å²) in [6.45, 7) is 4.98. The lowest BCUT2D eigenvalue weighted by atomic mass is 9.97. The van der Waals surface area contributed by atoms with E-state index in [0.29, 0.717) is 23.9 Å². The zero-order chi connectivity index (χ0) is 19.0. The van der Waals surface area contributed by atoms with Crippen molar-refractivity contribution in [2.24, 2.45) is 5.92 Å². The minimum Gasteiger partial charge on any atom is -0.454 e. The predicted molar refractivity (Wildman–Crippen MR) is 102 cm³/mol. The smallest absolute Gasteiger partial charge is 0.247 e. The fraction of sp³-hybridized carbons (Fsp3) is 0.421. The molecule has 0 bridgehead atoms. The summed E-state index contributed by atoms with van der Waals surface area (Å²) in [5.41, 5.74) is 1.67. The summed E-state index contributed by atoms with van der Waals surface area (Å²) in [7, 11) is 1.93. The summed E-state index contributed by atoms with van der Waals surface area (Å²) in [6.07, 6.45) is 2.42. The monoisotopic (exact) mass is 369 g/mol. The van der Waals surface area contributed by atoms with Crippen molar-refractivity contribution in [2.45, 2.75) is 32.9 Å². The van der Waals surface area contributed by atoms with Crippen LogP contribution in [0.2, 0.25) is 0 Å². The van der Waals surface area contributed by atoms with E-state index in [1.165, 1.54) is 6.33 Å². The van der Waals surface area contributed by atoms with Gasteiger partial charge >= 0.3 is 0 Å². The average molecular weight is 369 g/mol. The van der Waals surface area contributed by atoms with E-state index in [1.54, 1.807) is 0 Å². The highest BCUT2D eigenvalue weighted by Gasteiger charge is 2.32. The molecule has 2 atom stereocenters. The molecular formula is C19H23N5O3. The molecule has 1 aromatic heterocycles. The Bertz CT molecular complexity index is 872. The van der Waals surface area contributed by atoms with E-state index < -0.39 is 0 Å². The van der Waals surface area contributed by atoms with Gasteiger partial charge in [0.05, 0.1) is 0 Å². The van der Waals surface area contributed by atoms with Crippen LogP contribution in [-0.4, -0.2) is 35.8 Å². The standard InChI is InChI=1S/C19H23N5O3/c1-4-11(2)15-19(25)23-16-17(22-15)20-9-21-18(16)24(3)8-12-5-6-13-14(7-12)27-10-26-13/h5-7,9,11,15H,4,8,10H2,1-3H3,(H,23,25)(H,20,21,22). The first-order valence-electron chi connectivity index (χ1n) is 9.09. The molecule has 8 heteroatoms. The normalized spacial score (nSPS) is 18.3. The van der Waals surface area contributed by atoms with Crippen molar-refractivity contribution in [3.8, 4) is 11.5 Å². The van der Waals surface area contributed by atoms with Gasteiger partial charge in [-0.25, -0.2) is 9.97 Å². The van der Waals surface area contributed by atoms with Gasteiger partial charge < -0.3 is 25.0 Å². The van der Waals surface area contributed by atoms with Crippen molar-refractivity contribution in [1.29, 1.82) is 0 Å². The van der Waals surface area contributed by atoms with Crippen molar-refractivity contribution < 1.29 is 14.3 Å². The number of carbonyl (C=O) groups is 1. The molecule has 2 aromatic rings. The van der Waals surface area contributed by atoms with Gasteiger partial charge in [-0.3, -0.25) is 4.79 Å². The number of hydrogen-bond acceptors (Lipinski definition) is 7. The Morgan fingerprint density at radius 3 is 2.93 bits per heavy atom. The van der Waals surface area contributed by atoms with E-state index in [1.807, 2.05) is 30.1 Å². The molecule has 2 aliphatic rings. The molecule has 0 fully saturated rings. The van der Waals surface area contributed by atoms with Crippen LogP contribution >= 0.6 is 0 Å². The highest BCUT2D eigenvalue weighted by molar-refractivity contribution is 6.05. The predicted octanol–water partition coefficient (Wildman–Crippen LogP) is 2.62. The number of benzene rings is 1. The number of fused-ring (bicyclic) bond motifs is 2. The van der Waals surface area contributed by atoms with Crippen LogP contribution in [0.5, 0.6) is 11.5 Å². The zero-order valence-electron chi connectivity index (χ0n) is 15.7. The average Bonchev–Trinajstić information content (AvgIpc) is 3.14. The van der Waals surface area contributed by atoms with E-state index >= 15 is 0 Å². The molecule has 1 aromatic carbocycles. The summed E-state index contributed by atoms with van der Waals surface area (Å²) in [5, 5.41) is 6.25. The highest BCUT2D eigenvalue weighted by Crippen LogP contribution is 2.36. The van der Waals surface area contributed by atoms with E-state index in [-0.39, 0.29) is 24.7 Å². The Kier molecular flexibility index (Phi) is 4.47. The van der Waals surface area contributed by atoms with Crippen LogP contribution in [0.25, 0.3) is 0 Å². The highest BCUT2D eigenvalue weighted by atomic mass is 16.7. The van der Waals surface area contributed by atoms with Crippen LogP contribution in [0.3, 0.4) is 0 Å². The molecule has 142 valence electrons. The molecule has 2 aliphatic heterocycles. The van der Waals surface area contributed by atoms with Crippen molar-refractivity contribution in [1.82, 2.24) is 9.97 Å². The van der Waals surface area contributed by atoms with Gasteiger partial charge in [0.2, 0.25) is 12.7 Å². The number of amides is 1. The first-order chi connectivity index (χ1) is 13.1. The third-order valence-electron chi connectivity index (χ3n) is 5.08. The number of anilines is 3. The number of nitrogens with zero attached hydrogens (tertiary/aromatic N) is 3. The maximum atomic E-state index is 12.5. The molecule has 4 rings (SSSR count). The number of hydrogen-bond donors (Lipinski definition) is 2. The summed E-state index contributed by atoms with van der Waals surface area (Å²) >= 11 is 0. The molecule has 0 radical (unpaired) electrons. The van der Waals surface area contributed by atoms with Crippen LogP contribution in [0, 0.1) is 5.92 Å². The van der Waals surface area contributed by atoms with Gasteiger partial charge in [0.1, 0.15) is 18.1 Å². The third kappa shape index (κ3) is 3.22. The summed E-state index contributed by atoms with van der Waals surface area (Å²) in [6, 6.07) is 5.57. The summed E-state index contributed by atoms with van der Waals surface area (Å²) < 4.78 is 10.8. The molecule has 3 heterocycles. The lowest BCUT2D eigenvalue weighted by Crippen LogP contribution is -2.44. The Morgan fingerprint density at radius 1 is 1.30 bits per heavy atom. The number of nitrogens with one attached hydrogen (secondary N) is 2. The molecule has 2 unspecified atom stereocenters. The quantitative estimate of drug-likeness (QED) is 0.837. The SMILES string of the molecule is CCC(C)C1Nc2ncnc(N(C)Cc3ccc4c(c3)OCO4)c2NC1=O. The van der Waals surface area contributed by atoms with Crippen LogP contribution in [0.1, 0.15) is 25.8 Å². The minimum absolute atomic E-state index is 0.0515. The molecule has 2 N–H and O–H groups in total. The van der Waals surface area contributed by atoms with Gasteiger partial charge in [0, 0.05) is 13.6 Å². The lowest BCUT2D eigenvalue weighted by molar-refractivity contribution is -0.118. The number of aromatic nitrogens is 2. The minimum atomic E-state index is -0.288. The Morgan fingerprint density at radius 2 is 2.11 bits per heavy atom. The van der Waals surface area contributed by atoms with Crippen molar-refractivity contribution in [3.63, 3.8) is 0 Å². The van der Waals surface area contributed by atoms with Crippen LogP contribution in [0.15, 0.2) is 24.5 Å². The van der Waals surface area contributed by atoms with E-state index in [0.717, 1.165) is 23.5 Å². The molecule has 0 saturated heterocycles. The third-order valence-corrected chi connectivity index (χ3v) is 5.08. The topological polar surface area (TPSA) is 88.6 Å². The van der Waals surface area contributed by atoms with E-state index in [4.69, 9.17) is 9.47 Å². The van der Waals surface area contributed by atoms with Gasteiger partial charge in [-0.05, 0) is 23.6 Å². The molecule has 0 aliphatic carbocycles. The van der Waals surface area contributed by atoms with E-state index in [2.05, 4.69) is 34.4 Å². The molecule has 0 saturated carbocycles. The van der Waals surface area contributed by atoms with Crippen LogP contribution < -0.4 is 25.0 Å². The number of carbonyl (C=O) groups excluding carboxylic acids is 1. The number of ether oxygens (including phenoxy) is 2. The van der Waals surface area contributed by atoms with Crippen molar-refractivity contribution in [3.05, 3.63) is 30.1 Å². The maximum Gasteiger partial charge on any atom is 0.247 e.